The Labute approximate surface area is 75.4 Å². The highest BCUT2D eigenvalue weighted by Crippen LogP contribution is 2.35. The lowest BCUT2D eigenvalue weighted by molar-refractivity contribution is -0.142. The van der Waals surface area contributed by atoms with Crippen LogP contribution in [0.1, 0.15) is 25.3 Å². The quantitative estimate of drug-likeness (QED) is 0.729. The van der Waals surface area contributed by atoms with E-state index in [1.54, 1.807) is 17.2 Å². The zero-order valence-corrected chi connectivity index (χ0v) is 7.13. The highest BCUT2D eigenvalue weighted by molar-refractivity contribution is 5.71. The number of carboxylic acids is 1. The van der Waals surface area contributed by atoms with Crippen LogP contribution in [0.25, 0.3) is 0 Å². The fourth-order valence-electron chi connectivity index (χ4n) is 1.97. The van der Waals surface area contributed by atoms with E-state index < -0.39 is 5.97 Å². The Balaban J connectivity index is 2.19. The van der Waals surface area contributed by atoms with Crippen molar-refractivity contribution in [2.75, 3.05) is 0 Å². The number of hydrogen-bond acceptors (Lipinski definition) is 3. The smallest absolute Gasteiger partial charge is 0.308 e. The molecule has 0 amide bonds. The minimum atomic E-state index is -0.712. The van der Waals surface area contributed by atoms with Crippen LogP contribution in [-0.2, 0) is 4.79 Å². The Bertz CT molecular complexity index is 296. The number of rotatable bonds is 2. The molecule has 0 aromatic carbocycles. The molecule has 0 spiro atoms. The molecule has 1 N–H and O–H groups in total. The average molecular weight is 181 g/mol. The van der Waals surface area contributed by atoms with Crippen molar-refractivity contribution in [1.29, 1.82) is 0 Å². The zero-order valence-electron chi connectivity index (χ0n) is 7.13. The monoisotopic (exact) mass is 181 g/mol. The molecule has 2 unspecified atom stereocenters. The van der Waals surface area contributed by atoms with Crippen LogP contribution in [0.2, 0.25) is 0 Å². The van der Waals surface area contributed by atoms with E-state index in [4.69, 9.17) is 5.11 Å². The number of carbonyl (C=O) groups is 1. The van der Waals surface area contributed by atoms with Crippen molar-refractivity contribution in [1.82, 2.24) is 14.8 Å². The molecule has 5 nitrogen and oxygen atoms in total. The van der Waals surface area contributed by atoms with E-state index in [2.05, 4.69) is 10.2 Å². The van der Waals surface area contributed by atoms with Crippen LogP contribution in [0.3, 0.4) is 0 Å². The summed E-state index contributed by atoms with van der Waals surface area (Å²) in [5.41, 5.74) is 0. The summed E-state index contributed by atoms with van der Waals surface area (Å²) in [5, 5.41) is 16.3. The number of aromatic nitrogens is 3. The van der Waals surface area contributed by atoms with Gasteiger partial charge in [-0.05, 0) is 12.8 Å². The van der Waals surface area contributed by atoms with Crippen molar-refractivity contribution in [3.63, 3.8) is 0 Å². The molecule has 2 rings (SSSR count). The van der Waals surface area contributed by atoms with Crippen molar-refractivity contribution in [2.45, 2.75) is 25.3 Å². The van der Waals surface area contributed by atoms with Gasteiger partial charge in [0.25, 0.3) is 0 Å². The van der Waals surface area contributed by atoms with Gasteiger partial charge < -0.3 is 9.67 Å². The molecule has 0 saturated heterocycles. The third kappa shape index (κ3) is 1.41. The summed E-state index contributed by atoms with van der Waals surface area (Å²) in [6, 6.07) is 0.0486. The highest BCUT2D eigenvalue weighted by Gasteiger charge is 2.33. The Morgan fingerprint density at radius 1 is 1.38 bits per heavy atom. The van der Waals surface area contributed by atoms with E-state index in [1.165, 1.54) is 0 Å². The molecule has 1 aromatic rings. The minimum Gasteiger partial charge on any atom is -0.481 e. The SMILES string of the molecule is O=C(O)C1CCCC1n1cnnc1. The van der Waals surface area contributed by atoms with E-state index in [0.29, 0.717) is 0 Å². The molecule has 0 radical (unpaired) electrons. The molecule has 0 aliphatic heterocycles. The van der Waals surface area contributed by atoms with Gasteiger partial charge in [-0.25, -0.2) is 0 Å². The van der Waals surface area contributed by atoms with Crippen molar-refractivity contribution in [2.24, 2.45) is 5.92 Å². The molecule has 1 heterocycles. The Morgan fingerprint density at radius 3 is 2.69 bits per heavy atom. The average Bonchev–Trinajstić information content (AvgIpc) is 2.74. The fraction of sp³-hybridized carbons (Fsp3) is 0.625. The Morgan fingerprint density at radius 2 is 2.08 bits per heavy atom. The van der Waals surface area contributed by atoms with Crippen LogP contribution in [0.4, 0.5) is 0 Å². The molecule has 1 aromatic heterocycles. The summed E-state index contributed by atoms with van der Waals surface area (Å²) in [6.07, 6.45) is 5.82. The van der Waals surface area contributed by atoms with Crippen molar-refractivity contribution in [3.05, 3.63) is 12.7 Å². The standard InChI is InChI=1S/C8H11N3O2/c12-8(13)6-2-1-3-7(6)11-4-9-10-5-11/h4-7H,1-3H2,(H,12,13). The second-order valence-electron chi connectivity index (χ2n) is 3.35. The Hall–Kier alpha value is -1.39. The number of aliphatic carboxylic acids is 1. The third-order valence-electron chi connectivity index (χ3n) is 2.62. The predicted octanol–water partition coefficient (Wildman–Crippen LogP) is 0.704. The van der Waals surface area contributed by atoms with Gasteiger partial charge in [0.05, 0.1) is 5.92 Å². The molecular formula is C8H11N3O2. The number of hydrogen-bond donors (Lipinski definition) is 1. The maximum atomic E-state index is 10.9. The van der Waals surface area contributed by atoms with Gasteiger partial charge in [-0.15, -0.1) is 10.2 Å². The molecule has 13 heavy (non-hydrogen) atoms. The molecule has 0 bridgehead atoms. The fourth-order valence-corrected chi connectivity index (χ4v) is 1.97. The molecule has 1 saturated carbocycles. The van der Waals surface area contributed by atoms with E-state index in [9.17, 15) is 4.79 Å². The van der Waals surface area contributed by atoms with Crippen LogP contribution in [-0.4, -0.2) is 25.8 Å². The van der Waals surface area contributed by atoms with E-state index >= 15 is 0 Å². The van der Waals surface area contributed by atoms with Gasteiger partial charge in [0.15, 0.2) is 0 Å². The largest absolute Gasteiger partial charge is 0.481 e. The van der Waals surface area contributed by atoms with Crippen molar-refractivity contribution in [3.8, 4) is 0 Å². The van der Waals surface area contributed by atoms with Crippen LogP contribution in [0.15, 0.2) is 12.7 Å². The summed E-state index contributed by atoms with van der Waals surface area (Å²) in [6.45, 7) is 0. The zero-order chi connectivity index (χ0) is 9.26. The second-order valence-corrected chi connectivity index (χ2v) is 3.35. The van der Waals surface area contributed by atoms with Crippen LogP contribution in [0.5, 0.6) is 0 Å². The van der Waals surface area contributed by atoms with Crippen molar-refractivity contribution >= 4 is 5.97 Å². The van der Waals surface area contributed by atoms with Gasteiger partial charge in [0.1, 0.15) is 12.7 Å². The predicted molar refractivity (Wildman–Crippen MR) is 44.0 cm³/mol. The second kappa shape index (κ2) is 3.16. The maximum Gasteiger partial charge on any atom is 0.308 e. The van der Waals surface area contributed by atoms with E-state index in [0.717, 1.165) is 19.3 Å². The molecule has 1 aliphatic carbocycles. The first-order chi connectivity index (χ1) is 6.29. The Kier molecular flexibility index (Phi) is 2.00. The summed E-state index contributed by atoms with van der Waals surface area (Å²) in [7, 11) is 0. The molecule has 5 heteroatoms. The summed E-state index contributed by atoms with van der Waals surface area (Å²) >= 11 is 0. The van der Waals surface area contributed by atoms with E-state index in [-0.39, 0.29) is 12.0 Å². The van der Waals surface area contributed by atoms with Crippen LogP contribution < -0.4 is 0 Å². The van der Waals surface area contributed by atoms with Gasteiger partial charge in [-0.1, -0.05) is 6.42 Å². The third-order valence-corrected chi connectivity index (χ3v) is 2.62. The van der Waals surface area contributed by atoms with E-state index in [1.807, 2.05) is 0 Å². The normalized spacial score (nSPS) is 27.7. The summed E-state index contributed by atoms with van der Waals surface area (Å²) in [5.74, 6) is -0.979. The molecule has 2 atom stereocenters. The maximum absolute atomic E-state index is 10.9. The minimum absolute atomic E-state index is 0.0486. The molecule has 1 aliphatic rings. The lowest BCUT2D eigenvalue weighted by Gasteiger charge is -2.15. The van der Waals surface area contributed by atoms with Gasteiger partial charge >= 0.3 is 5.97 Å². The summed E-state index contributed by atoms with van der Waals surface area (Å²) in [4.78, 5) is 10.9. The topological polar surface area (TPSA) is 68.0 Å². The van der Waals surface area contributed by atoms with Gasteiger partial charge in [-0.3, -0.25) is 4.79 Å². The lowest BCUT2D eigenvalue weighted by atomic mass is 10.0. The van der Waals surface area contributed by atoms with Gasteiger partial charge in [0, 0.05) is 6.04 Å². The molecule has 70 valence electrons. The first-order valence-electron chi connectivity index (χ1n) is 4.36. The van der Waals surface area contributed by atoms with Gasteiger partial charge in [-0.2, -0.15) is 0 Å². The van der Waals surface area contributed by atoms with Gasteiger partial charge in [0.2, 0.25) is 0 Å². The molecular weight excluding hydrogens is 170 g/mol. The first kappa shape index (κ1) is 8.22. The number of carboxylic acid groups (broad SMARTS) is 1. The lowest BCUT2D eigenvalue weighted by Crippen LogP contribution is -2.20. The summed E-state index contributed by atoms with van der Waals surface area (Å²) < 4.78 is 1.80. The van der Waals surface area contributed by atoms with Crippen molar-refractivity contribution < 1.29 is 9.90 Å². The molecule has 1 fully saturated rings. The number of nitrogens with zero attached hydrogens (tertiary/aromatic N) is 3. The first-order valence-corrected chi connectivity index (χ1v) is 4.36. The highest BCUT2D eigenvalue weighted by atomic mass is 16.4. The van der Waals surface area contributed by atoms with Crippen LogP contribution in [0, 0.1) is 5.92 Å². The van der Waals surface area contributed by atoms with Crippen LogP contribution >= 0.6 is 0 Å².